The summed E-state index contributed by atoms with van der Waals surface area (Å²) in [6.07, 6.45) is 0. The Morgan fingerprint density at radius 3 is 2.63 bits per heavy atom. The van der Waals surface area contributed by atoms with E-state index in [4.69, 9.17) is 40.2 Å². The van der Waals surface area contributed by atoms with Gasteiger partial charge in [-0.3, -0.25) is 10.1 Å². The molecule has 27 heavy (non-hydrogen) atoms. The van der Waals surface area contributed by atoms with Crippen LogP contribution in [0.5, 0.6) is 5.75 Å². The van der Waals surface area contributed by atoms with Gasteiger partial charge in [0.25, 0.3) is 5.91 Å². The summed E-state index contributed by atoms with van der Waals surface area (Å²) in [5.41, 5.74) is 1.22. The lowest BCUT2D eigenvalue weighted by Gasteiger charge is -2.15. The average molecular weight is 490 g/mol. The minimum atomic E-state index is -0.352. The zero-order valence-electron chi connectivity index (χ0n) is 14.8. The van der Waals surface area contributed by atoms with E-state index < -0.39 is 0 Å². The van der Waals surface area contributed by atoms with Crippen molar-refractivity contribution in [2.45, 2.75) is 20.4 Å². The first-order valence-electron chi connectivity index (χ1n) is 8.21. The number of hydrogen-bond donors (Lipinski definition) is 2. The summed E-state index contributed by atoms with van der Waals surface area (Å²) in [5.74, 6) is 0.499. The molecule has 4 nitrogen and oxygen atoms in total. The lowest BCUT2D eigenvalue weighted by molar-refractivity contribution is 0.0971. The third-order valence-corrected chi connectivity index (χ3v) is 4.77. The minimum Gasteiger partial charge on any atom is -0.492 e. The van der Waals surface area contributed by atoms with Crippen molar-refractivity contribution in [2.24, 2.45) is 5.92 Å². The van der Waals surface area contributed by atoms with Crippen LogP contribution in [0.2, 0.25) is 10.0 Å². The summed E-state index contributed by atoms with van der Waals surface area (Å²) < 4.78 is 6.51. The Hall–Kier alpha value is -1.34. The van der Waals surface area contributed by atoms with Crippen molar-refractivity contribution in [1.29, 1.82) is 0 Å². The Balaban J connectivity index is 2.01. The van der Waals surface area contributed by atoms with Gasteiger partial charge in [-0.1, -0.05) is 59.0 Å². The molecule has 1 amide bonds. The molecule has 2 rings (SSSR count). The highest BCUT2D eigenvalue weighted by Gasteiger charge is 2.15. The fourth-order valence-electron chi connectivity index (χ4n) is 2.12. The van der Waals surface area contributed by atoms with Gasteiger partial charge in [0.15, 0.2) is 5.11 Å². The first-order chi connectivity index (χ1) is 12.8. The third kappa shape index (κ3) is 6.96. The predicted molar refractivity (Wildman–Crippen MR) is 118 cm³/mol. The van der Waals surface area contributed by atoms with Gasteiger partial charge in [0.05, 0.1) is 12.2 Å². The molecule has 2 aromatic carbocycles. The Kier molecular flexibility index (Phi) is 8.35. The molecule has 0 aromatic heterocycles. The number of thiocarbonyl (C=S) groups is 1. The van der Waals surface area contributed by atoms with E-state index in [1.807, 2.05) is 19.9 Å². The van der Waals surface area contributed by atoms with Gasteiger partial charge < -0.3 is 10.1 Å². The van der Waals surface area contributed by atoms with Gasteiger partial charge in [-0.25, -0.2) is 0 Å². The molecule has 0 aliphatic heterocycles. The molecule has 0 aliphatic carbocycles. The highest BCUT2D eigenvalue weighted by atomic mass is 79.9. The van der Waals surface area contributed by atoms with Crippen LogP contribution < -0.4 is 15.4 Å². The summed E-state index contributed by atoms with van der Waals surface area (Å²) in [7, 11) is 0. The lowest BCUT2D eigenvalue weighted by atomic mass is 10.2. The van der Waals surface area contributed by atoms with Gasteiger partial charge in [-0.05, 0) is 54.0 Å². The second kappa shape index (κ2) is 10.3. The number of ether oxygens (including phenoxy) is 1. The lowest BCUT2D eigenvalue weighted by Crippen LogP contribution is -2.39. The smallest absolute Gasteiger partial charge is 0.261 e. The molecule has 0 saturated heterocycles. The molecular formula is C19H19BrCl2N2O2S. The Labute approximate surface area is 182 Å². The van der Waals surface area contributed by atoms with Gasteiger partial charge >= 0.3 is 0 Å². The largest absolute Gasteiger partial charge is 0.492 e. The maximum atomic E-state index is 12.6. The van der Waals surface area contributed by atoms with E-state index in [2.05, 4.69) is 26.6 Å². The van der Waals surface area contributed by atoms with Crippen molar-refractivity contribution < 1.29 is 9.53 Å². The second-order valence-corrected chi connectivity index (χ2v) is 8.39. The number of carbonyl (C=O) groups is 1. The number of carbonyl (C=O) groups excluding carboxylic acids is 1. The van der Waals surface area contributed by atoms with Crippen molar-refractivity contribution in [3.05, 3.63) is 62.0 Å². The van der Waals surface area contributed by atoms with Crippen LogP contribution in [-0.4, -0.2) is 17.6 Å². The van der Waals surface area contributed by atoms with Crippen molar-refractivity contribution in [1.82, 2.24) is 10.6 Å². The normalized spacial score (nSPS) is 10.6. The van der Waals surface area contributed by atoms with E-state index in [1.54, 1.807) is 30.3 Å². The van der Waals surface area contributed by atoms with Crippen LogP contribution in [0, 0.1) is 5.92 Å². The van der Waals surface area contributed by atoms with Crippen molar-refractivity contribution in [3.8, 4) is 5.75 Å². The maximum Gasteiger partial charge on any atom is 0.261 e. The van der Waals surface area contributed by atoms with E-state index in [1.165, 1.54) is 0 Å². The second-order valence-electron chi connectivity index (χ2n) is 6.22. The highest BCUT2D eigenvalue weighted by molar-refractivity contribution is 9.10. The third-order valence-electron chi connectivity index (χ3n) is 3.44. The zero-order chi connectivity index (χ0) is 20.0. The molecule has 0 fully saturated rings. The average Bonchev–Trinajstić information content (AvgIpc) is 2.59. The summed E-state index contributed by atoms with van der Waals surface area (Å²) in [6.45, 7) is 4.96. The maximum absolute atomic E-state index is 12.6. The molecule has 8 heteroatoms. The molecule has 0 heterocycles. The molecule has 2 aromatic rings. The van der Waals surface area contributed by atoms with E-state index in [9.17, 15) is 4.79 Å². The summed E-state index contributed by atoms with van der Waals surface area (Å²) >= 11 is 20.6. The van der Waals surface area contributed by atoms with Crippen LogP contribution in [0.3, 0.4) is 0 Å². The molecular weight excluding hydrogens is 471 g/mol. The molecule has 0 atom stereocenters. The first-order valence-corrected chi connectivity index (χ1v) is 10.2. The van der Waals surface area contributed by atoms with Crippen LogP contribution in [-0.2, 0) is 6.54 Å². The Morgan fingerprint density at radius 2 is 1.96 bits per heavy atom. The van der Waals surface area contributed by atoms with Gasteiger partial charge in [0, 0.05) is 21.1 Å². The molecule has 0 unspecified atom stereocenters. The van der Waals surface area contributed by atoms with E-state index in [0.29, 0.717) is 40.4 Å². The van der Waals surface area contributed by atoms with E-state index >= 15 is 0 Å². The summed E-state index contributed by atoms with van der Waals surface area (Å²) in [6, 6.07) is 10.5. The minimum absolute atomic E-state index is 0.195. The molecule has 0 saturated carbocycles. The topological polar surface area (TPSA) is 50.4 Å². The Morgan fingerprint density at radius 1 is 1.22 bits per heavy atom. The quantitative estimate of drug-likeness (QED) is 0.519. The molecule has 0 bridgehead atoms. The number of hydrogen-bond acceptors (Lipinski definition) is 3. The van der Waals surface area contributed by atoms with Crippen LogP contribution >= 0.6 is 51.3 Å². The van der Waals surface area contributed by atoms with Crippen molar-refractivity contribution >= 4 is 62.4 Å². The standard InChI is InChI=1S/C19H19BrCl2N2O2S/c1-11(2)10-26-17-6-4-13(20)7-15(17)18(25)24-19(27)23-9-12-3-5-14(21)8-16(12)22/h3-8,11H,9-10H2,1-2H3,(H2,23,24,25,27). The van der Waals surface area contributed by atoms with Crippen LogP contribution in [0.25, 0.3) is 0 Å². The predicted octanol–water partition coefficient (Wildman–Crippen LogP) is 5.60. The van der Waals surface area contributed by atoms with Crippen LogP contribution in [0.1, 0.15) is 29.8 Å². The fourth-order valence-corrected chi connectivity index (χ4v) is 3.12. The van der Waals surface area contributed by atoms with Gasteiger partial charge in [-0.15, -0.1) is 0 Å². The number of benzene rings is 2. The molecule has 2 N–H and O–H groups in total. The highest BCUT2D eigenvalue weighted by Crippen LogP contribution is 2.24. The SMILES string of the molecule is CC(C)COc1ccc(Br)cc1C(=O)NC(=S)NCc1ccc(Cl)cc1Cl. The molecule has 0 spiro atoms. The Bertz CT molecular complexity index is 846. The van der Waals surface area contributed by atoms with Gasteiger partial charge in [0.1, 0.15) is 5.75 Å². The molecule has 0 aliphatic rings. The first kappa shape index (κ1) is 22.0. The van der Waals surface area contributed by atoms with Gasteiger partial charge in [0.2, 0.25) is 0 Å². The van der Waals surface area contributed by atoms with E-state index in [0.717, 1.165) is 10.0 Å². The van der Waals surface area contributed by atoms with Crippen molar-refractivity contribution in [3.63, 3.8) is 0 Å². The number of rotatable bonds is 6. The number of halogens is 3. The monoisotopic (exact) mass is 488 g/mol. The number of nitrogens with one attached hydrogen (secondary N) is 2. The van der Waals surface area contributed by atoms with Crippen LogP contribution in [0.4, 0.5) is 0 Å². The summed E-state index contributed by atoms with van der Waals surface area (Å²) in [4.78, 5) is 12.6. The van der Waals surface area contributed by atoms with Crippen molar-refractivity contribution in [2.75, 3.05) is 6.61 Å². The molecule has 144 valence electrons. The fraction of sp³-hybridized carbons (Fsp3) is 0.263. The molecule has 0 radical (unpaired) electrons. The number of amides is 1. The van der Waals surface area contributed by atoms with Gasteiger partial charge in [-0.2, -0.15) is 0 Å². The van der Waals surface area contributed by atoms with Crippen LogP contribution in [0.15, 0.2) is 40.9 Å². The van der Waals surface area contributed by atoms with E-state index in [-0.39, 0.29) is 11.0 Å². The zero-order valence-corrected chi connectivity index (χ0v) is 18.7. The summed E-state index contributed by atoms with van der Waals surface area (Å²) in [5, 5.41) is 6.91.